The van der Waals surface area contributed by atoms with Crippen LogP contribution in [0.4, 0.5) is 0 Å². The summed E-state index contributed by atoms with van der Waals surface area (Å²) in [5.41, 5.74) is 1.62. The maximum atomic E-state index is 12.0. The molecule has 0 aliphatic heterocycles. The Morgan fingerprint density at radius 2 is 1.96 bits per heavy atom. The third-order valence-electron chi connectivity index (χ3n) is 3.15. The first-order valence-corrected chi connectivity index (χ1v) is 9.63. The summed E-state index contributed by atoms with van der Waals surface area (Å²) in [6.07, 6.45) is 0.874. The Balaban J connectivity index is 1.80. The van der Waals surface area contributed by atoms with Crippen LogP contribution in [0.1, 0.15) is 34.4 Å². The summed E-state index contributed by atoms with van der Waals surface area (Å²) < 4.78 is 0. The molecule has 2 rings (SSSR count). The second-order valence-corrected chi connectivity index (χ2v) is 7.31. The Morgan fingerprint density at radius 1 is 1.21 bits per heavy atom. The van der Waals surface area contributed by atoms with E-state index in [0.29, 0.717) is 12.1 Å². The van der Waals surface area contributed by atoms with E-state index in [1.165, 1.54) is 0 Å². The molecule has 2 aromatic rings. The van der Waals surface area contributed by atoms with Crippen molar-refractivity contribution < 1.29 is 9.59 Å². The summed E-state index contributed by atoms with van der Waals surface area (Å²) in [5, 5.41) is 8.47. The molecule has 0 spiro atoms. The Hall–Kier alpha value is -1.86. The Morgan fingerprint density at radius 3 is 2.58 bits per heavy atom. The molecule has 2 amide bonds. The first-order chi connectivity index (χ1) is 11.6. The van der Waals surface area contributed by atoms with Crippen molar-refractivity contribution in [2.75, 3.05) is 13.1 Å². The lowest BCUT2D eigenvalue weighted by Gasteiger charge is -2.07. The number of aryl methyl sites for hydroxylation is 1. The molecule has 2 N–H and O–H groups in total. The van der Waals surface area contributed by atoms with E-state index >= 15 is 0 Å². The van der Waals surface area contributed by atoms with E-state index in [4.69, 9.17) is 0 Å². The third kappa shape index (κ3) is 5.98. The van der Waals surface area contributed by atoms with E-state index < -0.39 is 0 Å². The van der Waals surface area contributed by atoms with Crippen LogP contribution in [0.5, 0.6) is 0 Å². The second-order valence-electron chi connectivity index (χ2n) is 5.20. The number of hydrogen-bond acceptors (Lipinski definition) is 5. The van der Waals surface area contributed by atoms with Crippen molar-refractivity contribution in [3.05, 3.63) is 45.9 Å². The average Bonchev–Trinajstić information content (AvgIpc) is 3.01. The van der Waals surface area contributed by atoms with Crippen LogP contribution in [0.2, 0.25) is 0 Å². The number of thioether (sulfide) groups is 1. The molecule has 0 atom stereocenters. The molecule has 0 aliphatic rings. The number of carbonyl (C=O) groups excluding carboxylic acids is 2. The van der Waals surface area contributed by atoms with Gasteiger partial charge in [0, 0.05) is 28.1 Å². The fourth-order valence-electron chi connectivity index (χ4n) is 1.92. The third-order valence-corrected chi connectivity index (χ3v) is 5.02. The molecule has 1 aromatic heterocycles. The molecule has 0 saturated heterocycles. The van der Waals surface area contributed by atoms with Crippen molar-refractivity contribution in [1.82, 2.24) is 15.6 Å². The summed E-state index contributed by atoms with van der Waals surface area (Å²) in [6, 6.07) is 7.37. The van der Waals surface area contributed by atoms with E-state index in [1.807, 2.05) is 26.0 Å². The van der Waals surface area contributed by atoms with Gasteiger partial charge in [-0.2, -0.15) is 0 Å². The van der Waals surface area contributed by atoms with Gasteiger partial charge >= 0.3 is 0 Å². The summed E-state index contributed by atoms with van der Waals surface area (Å²) in [4.78, 5) is 29.0. The molecule has 5 nitrogen and oxygen atoms in total. The lowest BCUT2D eigenvalue weighted by atomic mass is 10.2. The molecule has 1 heterocycles. The van der Waals surface area contributed by atoms with E-state index in [9.17, 15) is 9.59 Å². The molecular formula is C17H21N3O2S2. The molecular weight excluding hydrogens is 342 g/mol. The van der Waals surface area contributed by atoms with Gasteiger partial charge in [-0.15, -0.1) is 23.1 Å². The van der Waals surface area contributed by atoms with Gasteiger partial charge in [0.25, 0.3) is 5.91 Å². The van der Waals surface area contributed by atoms with E-state index in [0.717, 1.165) is 27.8 Å². The minimum atomic E-state index is -0.242. The van der Waals surface area contributed by atoms with Crippen LogP contribution in [0.3, 0.4) is 0 Å². The second kappa shape index (κ2) is 9.44. The zero-order valence-electron chi connectivity index (χ0n) is 13.8. The van der Waals surface area contributed by atoms with Crippen LogP contribution in [0.25, 0.3) is 0 Å². The standard InChI is InChI=1S/C17H21N3O2S2/c1-3-8-18-16(21)9-19-17(22)13-4-6-15(7-5-13)24-11-14-10-23-12(2)20-14/h4-7,10H,3,8-9,11H2,1-2H3,(H,18,21)(H,19,22). The first kappa shape index (κ1) is 18.5. The SMILES string of the molecule is CCCNC(=O)CNC(=O)c1ccc(SCc2csc(C)n2)cc1. The summed E-state index contributed by atoms with van der Waals surface area (Å²) in [5.74, 6) is 0.400. The molecule has 128 valence electrons. The van der Waals surface area contributed by atoms with Crippen LogP contribution in [0, 0.1) is 6.92 Å². The number of thiazole rings is 1. The molecule has 24 heavy (non-hydrogen) atoms. The van der Waals surface area contributed by atoms with Crippen molar-refractivity contribution in [2.24, 2.45) is 0 Å². The number of nitrogens with one attached hydrogen (secondary N) is 2. The van der Waals surface area contributed by atoms with Crippen molar-refractivity contribution in [1.29, 1.82) is 0 Å². The van der Waals surface area contributed by atoms with Crippen molar-refractivity contribution in [3.63, 3.8) is 0 Å². The molecule has 1 aromatic carbocycles. The number of amides is 2. The summed E-state index contributed by atoms with van der Waals surface area (Å²) in [7, 11) is 0. The number of rotatable bonds is 8. The Labute approximate surface area is 150 Å². The largest absolute Gasteiger partial charge is 0.355 e. The zero-order chi connectivity index (χ0) is 17.4. The molecule has 0 radical (unpaired) electrons. The van der Waals surface area contributed by atoms with Gasteiger partial charge in [-0.25, -0.2) is 4.98 Å². The molecule has 0 aliphatic carbocycles. The molecule has 0 unspecified atom stereocenters. The van der Waals surface area contributed by atoms with Crippen molar-refractivity contribution in [3.8, 4) is 0 Å². The van der Waals surface area contributed by atoms with Gasteiger partial charge in [-0.3, -0.25) is 9.59 Å². The number of carbonyl (C=O) groups is 2. The number of hydrogen-bond donors (Lipinski definition) is 2. The van der Waals surface area contributed by atoms with Gasteiger partial charge in [-0.1, -0.05) is 6.92 Å². The van der Waals surface area contributed by atoms with Crippen molar-refractivity contribution >= 4 is 34.9 Å². The van der Waals surface area contributed by atoms with E-state index in [1.54, 1.807) is 35.2 Å². The van der Waals surface area contributed by atoms with E-state index in [2.05, 4.69) is 21.0 Å². The average molecular weight is 364 g/mol. The molecule has 0 fully saturated rings. The van der Waals surface area contributed by atoms with Crippen LogP contribution in [-0.2, 0) is 10.5 Å². The van der Waals surface area contributed by atoms with Crippen LogP contribution >= 0.6 is 23.1 Å². The summed E-state index contributed by atoms with van der Waals surface area (Å²) >= 11 is 3.33. The predicted molar refractivity (Wildman–Crippen MR) is 98.5 cm³/mol. The minimum Gasteiger partial charge on any atom is -0.355 e. The minimum absolute atomic E-state index is 0.00148. The number of aromatic nitrogens is 1. The van der Waals surface area contributed by atoms with Gasteiger partial charge in [0.2, 0.25) is 5.91 Å². The monoisotopic (exact) mass is 363 g/mol. The molecule has 0 bridgehead atoms. The van der Waals surface area contributed by atoms with Gasteiger partial charge in [0.1, 0.15) is 0 Å². The maximum absolute atomic E-state index is 12.0. The number of nitrogens with zero attached hydrogens (tertiary/aromatic N) is 1. The fourth-order valence-corrected chi connectivity index (χ4v) is 3.43. The van der Waals surface area contributed by atoms with Crippen LogP contribution < -0.4 is 10.6 Å². The number of benzene rings is 1. The Bertz CT molecular complexity index is 683. The highest BCUT2D eigenvalue weighted by Gasteiger charge is 2.08. The Kier molecular flexibility index (Phi) is 7.27. The highest BCUT2D eigenvalue weighted by atomic mass is 32.2. The smallest absolute Gasteiger partial charge is 0.251 e. The molecule has 7 heteroatoms. The first-order valence-electron chi connectivity index (χ1n) is 7.77. The normalized spacial score (nSPS) is 10.4. The van der Waals surface area contributed by atoms with Gasteiger partial charge < -0.3 is 10.6 Å². The molecule has 0 saturated carbocycles. The maximum Gasteiger partial charge on any atom is 0.251 e. The lowest BCUT2D eigenvalue weighted by molar-refractivity contribution is -0.120. The topological polar surface area (TPSA) is 71.1 Å². The fraction of sp³-hybridized carbons (Fsp3) is 0.353. The van der Waals surface area contributed by atoms with Crippen LogP contribution in [0.15, 0.2) is 34.5 Å². The highest BCUT2D eigenvalue weighted by molar-refractivity contribution is 7.98. The quantitative estimate of drug-likeness (QED) is 0.707. The van der Waals surface area contributed by atoms with Crippen LogP contribution in [-0.4, -0.2) is 29.9 Å². The lowest BCUT2D eigenvalue weighted by Crippen LogP contribution is -2.37. The van der Waals surface area contributed by atoms with Gasteiger partial charge in [0.05, 0.1) is 17.2 Å². The van der Waals surface area contributed by atoms with Crippen molar-refractivity contribution in [2.45, 2.75) is 30.9 Å². The predicted octanol–water partition coefficient (Wildman–Crippen LogP) is 3.00. The van der Waals surface area contributed by atoms with Gasteiger partial charge in [0.15, 0.2) is 0 Å². The summed E-state index contributed by atoms with van der Waals surface area (Å²) in [6.45, 7) is 4.60. The van der Waals surface area contributed by atoms with Gasteiger partial charge in [-0.05, 0) is 37.6 Å². The highest BCUT2D eigenvalue weighted by Crippen LogP contribution is 2.23. The zero-order valence-corrected chi connectivity index (χ0v) is 15.4. The van der Waals surface area contributed by atoms with E-state index in [-0.39, 0.29) is 18.4 Å².